The number of aliphatic hydroxyl groups is 1. The summed E-state index contributed by atoms with van der Waals surface area (Å²) < 4.78 is 38.5. The van der Waals surface area contributed by atoms with Crippen molar-refractivity contribution in [3.63, 3.8) is 0 Å². The number of pyridine rings is 1. The molecular formula is C16H16F3N3O2. The van der Waals surface area contributed by atoms with E-state index in [1.165, 1.54) is 31.5 Å². The highest BCUT2D eigenvalue weighted by molar-refractivity contribution is 5.89. The van der Waals surface area contributed by atoms with Gasteiger partial charge in [-0.3, -0.25) is 4.98 Å². The van der Waals surface area contributed by atoms with Crippen LogP contribution in [0, 0.1) is 0 Å². The van der Waals surface area contributed by atoms with Crippen LogP contribution < -0.4 is 10.6 Å². The molecule has 0 unspecified atom stereocenters. The number of rotatable bonds is 4. The second kappa shape index (κ2) is 6.88. The maximum Gasteiger partial charge on any atom is 0.416 e. The van der Waals surface area contributed by atoms with Gasteiger partial charge in [-0.1, -0.05) is 12.1 Å². The minimum absolute atomic E-state index is 0.140. The van der Waals surface area contributed by atoms with Crippen molar-refractivity contribution >= 4 is 11.7 Å². The van der Waals surface area contributed by atoms with Crippen LogP contribution in [0.15, 0.2) is 48.8 Å². The molecule has 2 rings (SSSR count). The molecule has 0 spiro atoms. The third-order valence-corrected chi connectivity index (χ3v) is 3.45. The Labute approximate surface area is 136 Å². The van der Waals surface area contributed by atoms with Crippen LogP contribution in [0.2, 0.25) is 0 Å². The van der Waals surface area contributed by atoms with Gasteiger partial charge in [0.15, 0.2) is 0 Å². The number of urea groups is 1. The number of anilines is 1. The molecule has 1 atom stereocenters. The zero-order valence-electron chi connectivity index (χ0n) is 12.8. The van der Waals surface area contributed by atoms with Crippen LogP contribution in [0.4, 0.5) is 23.7 Å². The summed E-state index contributed by atoms with van der Waals surface area (Å²) in [6, 6.07) is 7.03. The molecular weight excluding hydrogens is 323 g/mol. The Morgan fingerprint density at radius 3 is 2.50 bits per heavy atom. The minimum atomic E-state index is -4.51. The second-order valence-corrected chi connectivity index (χ2v) is 5.39. The summed E-state index contributed by atoms with van der Waals surface area (Å²) >= 11 is 0. The molecule has 0 saturated heterocycles. The first kappa shape index (κ1) is 17.7. The van der Waals surface area contributed by atoms with Crippen molar-refractivity contribution in [2.75, 3.05) is 11.9 Å². The second-order valence-electron chi connectivity index (χ2n) is 5.39. The van der Waals surface area contributed by atoms with Crippen LogP contribution in [0.25, 0.3) is 0 Å². The van der Waals surface area contributed by atoms with Crippen LogP contribution in [-0.4, -0.2) is 22.7 Å². The molecule has 2 amide bonds. The monoisotopic (exact) mass is 339 g/mol. The first-order chi connectivity index (χ1) is 11.2. The number of aliphatic hydroxyl groups excluding tert-OH is 1. The number of amides is 2. The van der Waals surface area contributed by atoms with E-state index in [4.69, 9.17) is 0 Å². The number of alkyl halides is 3. The van der Waals surface area contributed by atoms with E-state index in [1.807, 2.05) is 0 Å². The van der Waals surface area contributed by atoms with Gasteiger partial charge in [0.05, 0.1) is 29.6 Å². The van der Waals surface area contributed by atoms with Crippen molar-refractivity contribution in [3.05, 3.63) is 59.9 Å². The van der Waals surface area contributed by atoms with E-state index in [9.17, 15) is 23.1 Å². The fourth-order valence-electron chi connectivity index (χ4n) is 2.09. The summed E-state index contributed by atoms with van der Waals surface area (Å²) in [4.78, 5) is 15.9. The Morgan fingerprint density at radius 2 is 1.92 bits per heavy atom. The van der Waals surface area contributed by atoms with E-state index in [-0.39, 0.29) is 5.56 Å². The lowest BCUT2D eigenvalue weighted by Crippen LogP contribution is -2.48. The molecule has 0 aliphatic heterocycles. The SMILES string of the molecule is C[C@](CO)(NC(=O)Nc1cccnc1)c1cccc(C(F)(F)F)c1. The molecule has 0 radical (unpaired) electrons. The Hall–Kier alpha value is -2.61. The van der Waals surface area contributed by atoms with Gasteiger partial charge < -0.3 is 15.7 Å². The van der Waals surface area contributed by atoms with Crippen molar-refractivity contribution in [1.82, 2.24) is 10.3 Å². The number of aromatic nitrogens is 1. The summed E-state index contributed by atoms with van der Waals surface area (Å²) in [5.41, 5.74) is -1.68. The van der Waals surface area contributed by atoms with Crippen LogP contribution >= 0.6 is 0 Å². The fourth-order valence-corrected chi connectivity index (χ4v) is 2.09. The first-order valence-corrected chi connectivity index (χ1v) is 7.02. The van der Waals surface area contributed by atoms with Crippen LogP contribution in [0.1, 0.15) is 18.1 Å². The predicted molar refractivity (Wildman–Crippen MR) is 82.3 cm³/mol. The summed E-state index contributed by atoms with van der Waals surface area (Å²) in [5.74, 6) is 0. The van der Waals surface area contributed by atoms with E-state index in [2.05, 4.69) is 15.6 Å². The molecule has 24 heavy (non-hydrogen) atoms. The average molecular weight is 339 g/mol. The van der Waals surface area contributed by atoms with Gasteiger partial charge in [-0.05, 0) is 36.8 Å². The number of hydrogen-bond donors (Lipinski definition) is 3. The smallest absolute Gasteiger partial charge is 0.394 e. The molecule has 1 heterocycles. The number of nitrogens with zero attached hydrogens (tertiary/aromatic N) is 1. The quantitative estimate of drug-likeness (QED) is 0.801. The van der Waals surface area contributed by atoms with Crippen molar-refractivity contribution in [1.29, 1.82) is 0 Å². The van der Waals surface area contributed by atoms with Crippen molar-refractivity contribution in [2.24, 2.45) is 0 Å². The van der Waals surface area contributed by atoms with Gasteiger partial charge in [0.25, 0.3) is 0 Å². The van der Waals surface area contributed by atoms with E-state index >= 15 is 0 Å². The molecule has 128 valence electrons. The summed E-state index contributed by atoms with van der Waals surface area (Å²) in [7, 11) is 0. The molecule has 1 aromatic heterocycles. The van der Waals surface area contributed by atoms with Crippen LogP contribution in [0.5, 0.6) is 0 Å². The third-order valence-electron chi connectivity index (χ3n) is 3.45. The highest BCUT2D eigenvalue weighted by Crippen LogP contribution is 2.32. The van der Waals surface area contributed by atoms with Gasteiger partial charge >= 0.3 is 12.2 Å². The van der Waals surface area contributed by atoms with Crippen molar-refractivity contribution in [3.8, 4) is 0 Å². The largest absolute Gasteiger partial charge is 0.416 e. The molecule has 0 aliphatic carbocycles. The zero-order chi connectivity index (χ0) is 17.8. The number of carbonyl (C=O) groups is 1. The molecule has 5 nitrogen and oxygen atoms in total. The maximum atomic E-state index is 12.8. The van der Waals surface area contributed by atoms with Gasteiger partial charge in [0.2, 0.25) is 0 Å². The number of halogens is 3. The molecule has 1 aromatic carbocycles. The maximum absolute atomic E-state index is 12.8. The molecule has 0 aliphatic rings. The zero-order valence-corrected chi connectivity index (χ0v) is 12.8. The molecule has 3 N–H and O–H groups in total. The van der Waals surface area contributed by atoms with Crippen LogP contribution in [-0.2, 0) is 11.7 Å². The number of benzene rings is 1. The summed E-state index contributed by atoms with van der Waals surface area (Å²) in [5, 5.41) is 14.6. The van der Waals surface area contributed by atoms with Gasteiger partial charge in [0, 0.05) is 6.20 Å². The Kier molecular flexibility index (Phi) is 5.08. The molecule has 0 saturated carbocycles. The highest BCUT2D eigenvalue weighted by Gasteiger charge is 2.34. The number of carbonyl (C=O) groups excluding carboxylic acids is 1. The van der Waals surface area contributed by atoms with E-state index in [1.54, 1.807) is 12.1 Å². The summed E-state index contributed by atoms with van der Waals surface area (Å²) in [6.07, 6.45) is -1.56. The van der Waals surface area contributed by atoms with E-state index in [0.717, 1.165) is 12.1 Å². The number of nitrogens with one attached hydrogen (secondary N) is 2. The standard InChI is InChI=1S/C16H16F3N3O2/c1-15(10-23,11-4-2-5-12(8-11)16(17,18)19)22-14(24)21-13-6-3-7-20-9-13/h2-9,23H,10H2,1H3,(H2,21,22,24)/t15-/m1/s1. The minimum Gasteiger partial charge on any atom is -0.394 e. The van der Waals surface area contributed by atoms with Gasteiger partial charge in [0.1, 0.15) is 0 Å². The molecule has 0 fully saturated rings. The predicted octanol–water partition coefficient (Wildman–Crippen LogP) is 3.13. The van der Waals surface area contributed by atoms with Gasteiger partial charge in [-0.15, -0.1) is 0 Å². The number of hydrogen-bond acceptors (Lipinski definition) is 3. The Bertz CT molecular complexity index is 707. The molecule has 0 bridgehead atoms. The van der Waals surface area contributed by atoms with Crippen molar-refractivity contribution in [2.45, 2.75) is 18.6 Å². The highest BCUT2D eigenvalue weighted by atomic mass is 19.4. The Morgan fingerprint density at radius 1 is 1.21 bits per heavy atom. The van der Waals surface area contributed by atoms with E-state index in [0.29, 0.717) is 5.69 Å². The normalized spacial score (nSPS) is 13.9. The average Bonchev–Trinajstić information content (AvgIpc) is 2.55. The van der Waals surface area contributed by atoms with Crippen LogP contribution in [0.3, 0.4) is 0 Å². The Balaban J connectivity index is 2.20. The topological polar surface area (TPSA) is 74.2 Å². The lowest BCUT2D eigenvalue weighted by Gasteiger charge is -2.30. The molecule has 8 heteroatoms. The lowest BCUT2D eigenvalue weighted by atomic mass is 9.91. The lowest BCUT2D eigenvalue weighted by molar-refractivity contribution is -0.137. The van der Waals surface area contributed by atoms with Gasteiger partial charge in [-0.2, -0.15) is 13.2 Å². The van der Waals surface area contributed by atoms with Gasteiger partial charge in [-0.25, -0.2) is 4.79 Å². The van der Waals surface area contributed by atoms with Crippen molar-refractivity contribution < 1.29 is 23.1 Å². The van der Waals surface area contributed by atoms with E-state index < -0.39 is 29.9 Å². The summed E-state index contributed by atoms with van der Waals surface area (Å²) in [6.45, 7) is 0.861. The molecule has 2 aromatic rings. The third kappa shape index (κ3) is 4.23. The fraction of sp³-hybridized carbons (Fsp3) is 0.250. The first-order valence-electron chi connectivity index (χ1n) is 7.02.